The second-order valence-corrected chi connectivity index (χ2v) is 6.56. The molecule has 1 aromatic heterocycles. The average molecular weight is 414 g/mol. The van der Waals surface area contributed by atoms with E-state index in [9.17, 15) is 9.59 Å². The third kappa shape index (κ3) is 4.79. The molecule has 4 nitrogen and oxygen atoms in total. The third-order valence-corrected chi connectivity index (χ3v) is 3.06. The summed E-state index contributed by atoms with van der Waals surface area (Å²) in [5.41, 5.74) is -0.577. The van der Waals surface area contributed by atoms with Gasteiger partial charge in [-0.05, 0) is 59.3 Å². The van der Waals surface area contributed by atoms with E-state index in [4.69, 9.17) is 4.74 Å². The largest absolute Gasteiger partial charge is 0.459 e. The maximum Gasteiger partial charge on any atom is 0.326 e. The summed E-state index contributed by atoms with van der Waals surface area (Å²) in [4.78, 5) is 23.0. The van der Waals surface area contributed by atoms with Crippen LogP contribution in [0.15, 0.2) is 21.7 Å². The number of hydrogen-bond acceptors (Lipinski definition) is 3. The van der Waals surface area contributed by atoms with E-state index in [0.29, 0.717) is 8.04 Å². The van der Waals surface area contributed by atoms with Gasteiger partial charge in [0.1, 0.15) is 12.1 Å². The van der Waals surface area contributed by atoms with Crippen molar-refractivity contribution in [3.05, 3.63) is 30.7 Å². The molecule has 6 heteroatoms. The standard InChI is InChI=1S/C11H13BrINO3/c1-11(2,3)17-9(15)6-14-4-7(12)10(16)8(13)5-14/h4-5H,6H2,1-3H3. The molecule has 0 aliphatic rings. The second kappa shape index (κ2) is 5.51. The molecule has 0 unspecified atom stereocenters. The van der Waals surface area contributed by atoms with Gasteiger partial charge in [0.15, 0.2) is 0 Å². The highest BCUT2D eigenvalue weighted by Crippen LogP contribution is 2.10. The van der Waals surface area contributed by atoms with Crippen LogP contribution < -0.4 is 5.43 Å². The van der Waals surface area contributed by atoms with Gasteiger partial charge < -0.3 is 9.30 Å². The van der Waals surface area contributed by atoms with Crippen molar-refractivity contribution in [2.24, 2.45) is 0 Å². The fourth-order valence-electron chi connectivity index (χ4n) is 1.17. The van der Waals surface area contributed by atoms with Crippen LogP contribution >= 0.6 is 38.5 Å². The first kappa shape index (κ1) is 14.7. The Morgan fingerprint density at radius 1 is 1.47 bits per heavy atom. The molecule has 94 valence electrons. The van der Waals surface area contributed by atoms with Gasteiger partial charge in [-0.1, -0.05) is 0 Å². The fraction of sp³-hybridized carbons (Fsp3) is 0.455. The molecule has 0 fully saturated rings. The van der Waals surface area contributed by atoms with E-state index in [-0.39, 0.29) is 17.9 Å². The van der Waals surface area contributed by atoms with Crippen molar-refractivity contribution in [2.45, 2.75) is 32.9 Å². The summed E-state index contributed by atoms with van der Waals surface area (Å²) >= 11 is 5.09. The molecule has 0 amide bonds. The Balaban J connectivity index is 2.83. The lowest BCUT2D eigenvalue weighted by Crippen LogP contribution is -2.27. The van der Waals surface area contributed by atoms with Crippen LogP contribution in [0.3, 0.4) is 0 Å². The van der Waals surface area contributed by atoms with Crippen LogP contribution in [-0.4, -0.2) is 16.1 Å². The molecule has 0 radical (unpaired) electrons. The zero-order chi connectivity index (χ0) is 13.2. The lowest BCUT2D eigenvalue weighted by molar-refractivity contribution is -0.155. The van der Waals surface area contributed by atoms with Crippen molar-refractivity contribution in [3.63, 3.8) is 0 Å². The summed E-state index contributed by atoms with van der Waals surface area (Å²) in [7, 11) is 0. The van der Waals surface area contributed by atoms with Gasteiger partial charge in [-0.25, -0.2) is 0 Å². The molecule has 0 saturated carbocycles. The SMILES string of the molecule is CC(C)(C)OC(=O)Cn1cc(Br)c(=O)c(I)c1. The Kier molecular flexibility index (Phi) is 4.77. The predicted molar refractivity (Wildman–Crippen MR) is 77.0 cm³/mol. The average Bonchev–Trinajstić information content (AvgIpc) is 2.10. The Hall–Kier alpha value is -0.370. The smallest absolute Gasteiger partial charge is 0.326 e. The van der Waals surface area contributed by atoms with E-state index in [0.717, 1.165) is 0 Å². The van der Waals surface area contributed by atoms with Gasteiger partial charge in [0.05, 0.1) is 8.04 Å². The zero-order valence-electron chi connectivity index (χ0n) is 9.79. The Morgan fingerprint density at radius 3 is 2.53 bits per heavy atom. The Bertz CT molecular complexity index is 464. The normalized spacial score (nSPS) is 11.4. The van der Waals surface area contributed by atoms with E-state index >= 15 is 0 Å². The van der Waals surface area contributed by atoms with Gasteiger partial charge in [0.25, 0.3) is 0 Å². The van der Waals surface area contributed by atoms with Crippen LogP contribution in [-0.2, 0) is 16.1 Å². The summed E-state index contributed by atoms with van der Waals surface area (Å²) < 4.78 is 7.82. The van der Waals surface area contributed by atoms with Crippen LogP contribution in [0.2, 0.25) is 0 Å². The number of nitrogens with zero attached hydrogens (tertiary/aromatic N) is 1. The minimum absolute atomic E-state index is 0.0777. The number of pyridine rings is 1. The zero-order valence-corrected chi connectivity index (χ0v) is 13.5. The molecule has 1 aromatic rings. The summed E-state index contributed by atoms with van der Waals surface area (Å²) in [6.07, 6.45) is 3.20. The van der Waals surface area contributed by atoms with Crippen LogP contribution in [0, 0.1) is 3.57 Å². The second-order valence-electron chi connectivity index (χ2n) is 4.54. The van der Waals surface area contributed by atoms with Gasteiger partial charge in [-0.3, -0.25) is 9.59 Å². The minimum Gasteiger partial charge on any atom is -0.459 e. The maximum atomic E-state index is 11.6. The number of rotatable bonds is 2. The van der Waals surface area contributed by atoms with Crippen molar-refractivity contribution in [2.75, 3.05) is 0 Å². The molecule has 0 aromatic carbocycles. The number of aromatic nitrogens is 1. The fourth-order valence-corrected chi connectivity index (χ4v) is 2.67. The molecule has 17 heavy (non-hydrogen) atoms. The van der Waals surface area contributed by atoms with Gasteiger partial charge in [-0.15, -0.1) is 0 Å². The van der Waals surface area contributed by atoms with Gasteiger partial charge in [0.2, 0.25) is 5.43 Å². The number of carbonyl (C=O) groups is 1. The van der Waals surface area contributed by atoms with Crippen molar-refractivity contribution in [3.8, 4) is 0 Å². The molecule has 0 bridgehead atoms. The third-order valence-electron chi connectivity index (χ3n) is 1.72. The van der Waals surface area contributed by atoms with Crippen molar-refractivity contribution >= 4 is 44.5 Å². The molecule has 0 saturated heterocycles. The number of carbonyl (C=O) groups excluding carboxylic acids is 1. The first-order valence-corrected chi connectivity index (χ1v) is 6.83. The summed E-state index contributed by atoms with van der Waals surface area (Å²) in [6, 6.07) is 0. The van der Waals surface area contributed by atoms with E-state index in [1.807, 2.05) is 43.4 Å². The maximum absolute atomic E-state index is 11.6. The molecule has 0 aliphatic heterocycles. The molecular formula is C11H13BrINO3. The molecule has 0 N–H and O–H groups in total. The van der Waals surface area contributed by atoms with Crippen molar-refractivity contribution < 1.29 is 9.53 Å². The Labute approximate surface area is 122 Å². The molecule has 1 heterocycles. The molecule has 1 rings (SSSR count). The summed E-state index contributed by atoms with van der Waals surface area (Å²) in [5.74, 6) is -0.330. The summed E-state index contributed by atoms with van der Waals surface area (Å²) in [6.45, 7) is 5.54. The summed E-state index contributed by atoms with van der Waals surface area (Å²) in [5, 5.41) is 0. The molecular weight excluding hydrogens is 401 g/mol. The van der Waals surface area contributed by atoms with Gasteiger partial charge >= 0.3 is 5.97 Å². The van der Waals surface area contributed by atoms with Crippen molar-refractivity contribution in [1.29, 1.82) is 0 Å². The topological polar surface area (TPSA) is 48.3 Å². The van der Waals surface area contributed by atoms with Crippen LogP contribution in [0.1, 0.15) is 20.8 Å². The lowest BCUT2D eigenvalue weighted by Gasteiger charge is -2.20. The minimum atomic E-state index is -0.499. The highest BCUT2D eigenvalue weighted by molar-refractivity contribution is 14.1. The molecule has 0 spiro atoms. The van der Waals surface area contributed by atoms with E-state index in [1.54, 1.807) is 17.0 Å². The monoisotopic (exact) mass is 413 g/mol. The van der Waals surface area contributed by atoms with Crippen LogP contribution in [0.5, 0.6) is 0 Å². The molecule has 0 aliphatic carbocycles. The first-order chi connectivity index (χ1) is 7.69. The number of esters is 1. The highest BCUT2D eigenvalue weighted by atomic mass is 127. The number of ether oxygens (including phenoxy) is 1. The van der Waals surface area contributed by atoms with E-state index < -0.39 is 5.60 Å². The Morgan fingerprint density at radius 2 is 2.06 bits per heavy atom. The molecule has 0 atom stereocenters. The predicted octanol–water partition coefficient (Wildman–Crippen LogP) is 2.56. The van der Waals surface area contributed by atoms with E-state index in [2.05, 4.69) is 15.9 Å². The quantitative estimate of drug-likeness (QED) is 0.553. The lowest BCUT2D eigenvalue weighted by atomic mass is 10.2. The van der Waals surface area contributed by atoms with Gasteiger partial charge in [0, 0.05) is 12.4 Å². The highest BCUT2D eigenvalue weighted by Gasteiger charge is 2.16. The van der Waals surface area contributed by atoms with Crippen LogP contribution in [0.4, 0.5) is 0 Å². The number of hydrogen-bond donors (Lipinski definition) is 0. The number of halogens is 2. The van der Waals surface area contributed by atoms with Gasteiger partial charge in [-0.2, -0.15) is 0 Å². The first-order valence-electron chi connectivity index (χ1n) is 4.96. The van der Waals surface area contributed by atoms with Crippen LogP contribution in [0.25, 0.3) is 0 Å². The van der Waals surface area contributed by atoms with Crippen molar-refractivity contribution in [1.82, 2.24) is 4.57 Å². The van der Waals surface area contributed by atoms with E-state index in [1.165, 1.54) is 0 Å².